The molecule has 0 aromatic heterocycles. The summed E-state index contributed by atoms with van der Waals surface area (Å²) in [5.41, 5.74) is -0.540. The maximum absolute atomic E-state index is 13.4. The minimum Gasteiger partial charge on any atom is -0.351 e. The third kappa shape index (κ3) is 6.78. The van der Waals surface area contributed by atoms with Gasteiger partial charge < -0.3 is 10.2 Å². The van der Waals surface area contributed by atoms with Gasteiger partial charge in [-0.15, -0.1) is 0 Å². The second-order valence-electron chi connectivity index (χ2n) is 11.8. The number of halogens is 3. The average Bonchev–Trinajstić information content (AvgIpc) is 3.30. The molecule has 4 atom stereocenters. The second kappa shape index (κ2) is 10.5. The van der Waals surface area contributed by atoms with Gasteiger partial charge in [0.15, 0.2) is 0 Å². The smallest absolute Gasteiger partial charge is 0.351 e. The van der Waals surface area contributed by atoms with Gasteiger partial charge in [-0.1, -0.05) is 52.8 Å². The van der Waals surface area contributed by atoms with Crippen LogP contribution in [0.15, 0.2) is 24.3 Å². The van der Waals surface area contributed by atoms with Crippen LogP contribution in [0.5, 0.6) is 0 Å². The number of carbonyl (C=O) groups is 2. The van der Waals surface area contributed by atoms with Crippen LogP contribution in [0.4, 0.5) is 13.2 Å². The topological polar surface area (TPSA) is 52.7 Å². The molecule has 1 heterocycles. The SMILES string of the molecule is CC(C)C[C@@H](C(=O)N[C@@H]1CC[C@H]2CN(Cc3cccc(C(F)(F)F)c3)C[C@H]21)N(C)C(=O)C(C)(C)C. The van der Waals surface area contributed by atoms with Crippen molar-refractivity contribution in [1.29, 1.82) is 0 Å². The molecule has 1 aromatic carbocycles. The van der Waals surface area contributed by atoms with E-state index in [0.29, 0.717) is 24.4 Å². The summed E-state index contributed by atoms with van der Waals surface area (Å²) in [5.74, 6) is 0.778. The number of hydrogen-bond donors (Lipinski definition) is 1. The second-order valence-corrected chi connectivity index (χ2v) is 11.8. The summed E-state index contributed by atoms with van der Waals surface area (Å²) in [6.07, 6.45) is -1.88. The highest BCUT2D eigenvalue weighted by atomic mass is 19.4. The van der Waals surface area contributed by atoms with Gasteiger partial charge in [0.2, 0.25) is 11.8 Å². The molecule has 1 saturated heterocycles. The van der Waals surface area contributed by atoms with Crippen LogP contribution in [0.3, 0.4) is 0 Å². The molecule has 8 heteroatoms. The van der Waals surface area contributed by atoms with Crippen molar-refractivity contribution in [3.8, 4) is 0 Å². The first kappa shape index (κ1) is 27.5. The predicted molar refractivity (Wildman–Crippen MR) is 130 cm³/mol. The standard InChI is InChI=1S/C27H40F3N3O2/c1-17(2)12-23(32(6)25(35)26(3,4)5)24(34)31-22-11-10-19-15-33(16-21(19)22)14-18-8-7-9-20(13-18)27(28,29)30/h7-9,13,17,19,21-23H,10-12,14-16H2,1-6H3,(H,31,34)/t19-,21+,22+,23-/m0/s1. The Morgan fingerprint density at radius 3 is 2.43 bits per heavy atom. The molecule has 0 radical (unpaired) electrons. The highest BCUT2D eigenvalue weighted by molar-refractivity contribution is 5.89. The number of hydrogen-bond acceptors (Lipinski definition) is 3. The Morgan fingerprint density at radius 2 is 1.83 bits per heavy atom. The minimum atomic E-state index is -4.35. The van der Waals surface area contributed by atoms with Gasteiger partial charge in [-0.2, -0.15) is 13.2 Å². The number of carbonyl (C=O) groups excluding carboxylic acids is 2. The largest absolute Gasteiger partial charge is 0.416 e. The van der Waals surface area contributed by atoms with Crippen LogP contribution in [0.25, 0.3) is 0 Å². The summed E-state index contributed by atoms with van der Waals surface area (Å²) < 4.78 is 39.2. The van der Waals surface area contributed by atoms with Gasteiger partial charge in [0.05, 0.1) is 5.56 Å². The first-order valence-electron chi connectivity index (χ1n) is 12.6. The molecule has 1 aliphatic carbocycles. The number of alkyl halides is 3. The molecule has 5 nitrogen and oxygen atoms in total. The zero-order valence-corrected chi connectivity index (χ0v) is 21.8. The monoisotopic (exact) mass is 495 g/mol. The molecule has 3 rings (SSSR count). The molecule has 0 bridgehead atoms. The van der Waals surface area contributed by atoms with Crippen molar-refractivity contribution in [2.75, 3.05) is 20.1 Å². The van der Waals surface area contributed by atoms with Gasteiger partial charge in [0, 0.05) is 38.1 Å². The molecule has 0 unspecified atom stereocenters. The molecule has 35 heavy (non-hydrogen) atoms. The van der Waals surface area contributed by atoms with E-state index in [9.17, 15) is 22.8 Å². The van der Waals surface area contributed by atoms with E-state index >= 15 is 0 Å². The van der Waals surface area contributed by atoms with Crippen LogP contribution in [0, 0.1) is 23.2 Å². The van der Waals surface area contributed by atoms with Crippen molar-refractivity contribution in [3.05, 3.63) is 35.4 Å². The van der Waals surface area contributed by atoms with E-state index in [1.165, 1.54) is 12.1 Å². The Labute approximate surface area is 207 Å². The Bertz CT molecular complexity index is 910. The molecular weight excluding hydrogens is 455 g/mol. The summed E-state index contributed by atoms with van der Waals surface area (Å²) in [6, 6.07) is 5.02. The quantitative estimate of drug-likeness (QED) is 0.582. The van der Waals surface area contributed by atoms with Gasteiger partial charge in [0.25, 0.3) is 0 Å². The van der Waals surface area contributed by atoms with E-state index in [2.05, 4.69) is 10.2 Å². The summed E-state index contributed by atoms with van der Waals surface area (Å²) in [6.45, 7) is 11.7. The summed E-state index contributed by atoms with van der Waals surface area (Å²) in [7, 11) is 1.71. The fraction of sp³-hybridized carbons (Fsp3) is 0.704. The number of rotatable bonds is 7. The first-order chi connectivity index (χ1) is 16.2. The highest BCUT2D eigenvalue weighted by Crippen LogP contribution is 2.39. The zero-order chi connectivity index (χ0) is 26.1. The van der Waals surface area contributed by atoms with Gasteiger partial charge >= 0.3 is 6.18 Å². The van der Waals surface area contributed by atoms with Gasteiger partial charge in [0.1, 0.15) is 6.04 Å². The number of amides is 2. The molecule has 1 saturated carbocycles. The summed E-state index contributed by atoms with van der Waals surface area (Å²) in [5, 5.41) is 3.25. The van der Waals surface area contributed by atoms with E-state index in [-0.39, 0.29) is 29.7 Å². The number of nitrogens with zero attached hydrogens (tertiary/aromatic N) is 2. The predicted octanol–water partition coefficient (Wildman–Crippen LogP) is 4.95. The van der Waals surface area contributed by atoms with Crippen LogP contribution >= 0.6 is 0 Å². The number of benzene rings is 1. The Morgan fingerprint density at radius 1 is 1.14 bits per heavy atom. The van der Waals surface area contributed by atoms with E-state index in [1.807, 2.05) is 34.6 Å². The van der Waals surface area contributed by atoms with E-state index in [4.69, 9.17) is 0 Å². The average molecular weight is 496 g/mol. The zero-order valence-electron chi connectivity index (χ0n) is 21.8. The number of likely N-dealkylation sites (tertiary alicyclic amines) is 1. The van der Waals surface area contributed by atoms with Crippen molar-refractivity contribution in [2.45, 2.75) is 78.7 Å². The minimum absolute atomic E-state index is 0.0202. The lowest BCUT2D eigenvalue weighted by atomic mass is 9.92. The molecule has 2 fully saturated rings. The lowest BCUT2D eigenvalue weighted by molar-refractivity contribution is -0.145. The van der Waals surface area contributed by atoms with Crippen LogP contribution in [0.2, 0.25) is 0 Å². The third-order valence-electron chi connectivity index (χ3n) is 7.35. The van der Waals surface area contributed by atoms with Crippen molar-refractivity contribution in [1.82, 2.24) is 15.1 Å². The van der Waals surface area contributed by atoms with E-state index in [1.54, 1.807) is 18.0 Å². The van der Waals surface area contributed by atoms with Crippen LogP contribution in [0.1, 0.15) is 65.0 Å². The summed E-state index contributed by atoms with van der Waals surface area (Å²) >= 11 is 0. The molecule has 2 amide bonds. The summed E-state index contributed by atoms with van der Waals surface area (Å²) in [4.78, 5) is 30.1. The number of fused-ring (bicyclic) bond motifs is 1. The Kier molecular flexibility index (Phi) is 8.24. The molecule has 1 aromatic rings. The van der Waals surface area contributed by atoms with E-state index in [0.717, 1.165) is 32.0 Å². The van der Waals surface area contributed by atoms with Crippen LogP contribution < -0.4 is 5.32 Å². The van der Waals surface area contributed by atoms with Gasteiger partial charge in [-0.25, -0.2) is 0 Å². The van der Waals surface area contributed by atoms with Crippen LogP contribution in [-0.2, 0) is 22.3 Å². The lowest BCUT2D eigenvalue weighted by Gasteiger charge is -2.34. The fourth-order valence-electron chi connectivity index (χ4n) is 5.61. The molecular formula is C27H40F3N3O2. The lowest BCUT2D eigenvalue weighted by Crippen LogP contribution is -2.53. The first-order valence-corrected chi connectivity index (χ1v) is 12.6. The van der Waals surface area contributed by atoms with Gasteiger partial charge in [-0.3, -0.25) is 14.5 Å². The van der Waals surface area contributed by atoms with Crippen molar-refractivity contribution in [3.63, 3.8) is 0 Å². The van der Waals surface area contributed by atoms with Crippen molar-refractivity contribution < 1.29 is 22.8 Å². The molecule has 2 aliphatic rings. The van der Waals surface area contributed by atoms with Crippen molar-refractivity contribution in [2.24, 2.45) is 23.2 Å². The number of likely N-dealkylation sites (N-methyl/N-ethyl adjacent to an activating group) is 1. The maximum atomic E-state index is 13.4. The highest BCUT2D eigenvalue weighted by Gasteiger charge is 2.44. The molecule has 1 N–H and O–H groups in total. The van der Waals surface area contributed by atoms with E-state index < -0.39 is 23.2 Å². The van der Waals surface area contributed by atoms with Gasteiger partial charge in [-0.05, 0) is 48.6 Å². The Balaban J connectivity index is 1.64. The third-order valence-corrected chi connectivity index (χ3v) is 7.35. The van der Waals surface area contributed by atoms with Crippen LogP contribution in [-0.4, -0.2) is 53.8 Å². The number of nitrogens with one attached hydrogen (secondary N) is 1. The fourth-order valence-corrected chi connectivity index (χ4v) is 5.61. The molecule has 0 spiro atoms. The maximum Gasteiger partial charge on any atom is 0.416 e. The molecule has 196 valence electrons. The molecule has 1 aliphatic heterocycles. The van der Waals surface area contributed by atoms with Crippen molar-refractivity contribution >= 4 is 11.8 Å². The Hall–Kier alpha value is -2.09. The normalized spacial score (nSPS) is 23.9.